The lowest BCUT2D eigenvalue weighted by molar-refractivity contribution is -0.0414. The Labute approximate surface area is 265 Å². The SMILES string of the molecule is COC(=O)c1ccc(-c2c(C3Cc4c(C)cccc4C(=O)N3)nn(C3CCCCO3)c2CCCN(C)Cc2ccccc2)cc1. The van der Waals surface area contributed by atoms with Crippen LogP contribution in [0.1, 0.15) is 86.7 Å². The van der Waals surface area contributed by atoms with Gasteiger partial charge in [-0.25, -0.2) is 9.48 Å². The quantitative estimate of drug-likeness (QED) is 0.209. The van der Waals surface area contributed by atoms with Crippen LogP contribution in [0.2, 0.25) is 0 Å². The first-order valence-corrected chi connectivity index (χ1v) is 16.0. The minimum Gasteiger partial charge on any atom is -0.465 e. The minimum atomic E-state index is -0.374. The number of carbonyl (C=O) groups excluding carboxylic acids is 2. The van der Waals surface area contributed by atoms with Crippen LogP contribution in [0.25, 0.3) is 11.1 Å². The van der Waals surface area contributed by atoms with Crippen molar-refractivity contribution in [3.05, 3.63) is 112 Å². The predicted octanol–water partition coefficient (Wildman–Crippen LogP) is 6.44. The van der Waals surface area contributed by atoms with E-state index in [9.17, 15) is 9.59 Å². The first-order chi connectivity index (χ1) is 21.9. The van der Waals surface area contributed by atoms with Crippen LogP contribution in [0, 0.1) is 6.92 Å². The van der Waals surface area contributed by atoms with E-state index in [0.29, 0.717) is 18.6 Å². The molecule has 0 saturated carbocycles. The number of benzene rings is 3. The van der Waals surface area contributed by atoms with Crippen LogP contribution < -0.4 is 5.32 Å². The number of nitrogens with one attached hydrogen (secondary N) is 1. The second-order valence-corrected chi connectivity index (χ2v) is 12.2. The third-order valence-corrected chi connectivity index (χ3v) is 9.01. The smallest absolute Gasteiger partial charge is 0.337 e. The van der Waals surface area contributed by atoms with Crippen molar-refractivity contribution >= 4 is 11.9 Å². The van der Waals surface area contributed by atoms with Crippen molar-refractivity contribution in [1.82, 2.24) is 20.0 Å². The molecule has 4 aromatic rings. The first-order valence-electron chi connectivity index (χ1n) is 16.0. The molecule has 2 aliphatic rings. The number of aryl methyl sites for hydroxylation is 1. The highest BCUT2D eigenvalue weighted by Gasteiger charge is 2.34. The molecule has 1 amide bonds. The number of nitrogens with zero attached hydrogens (tertiary/aromatic N) is 3. The van der Waals surface area contributed by atoms with Crippen LogP contribution in [-0.2, 0) is 28.9 Å². The Morgan fingerprint density at radius 1 is 1.07 bits per heavy atom. The number of ether oxygens (including phenoxy) is 2. The molecule has 1 aromatic heterocycles. The van der Waals surface area contributed by atoms with Gasteiger partial charge < -0.3 is 19.7 Å². The van der Waals surface area contributed by atoms with Crippen molar-refractivity contribution in [2.75, 3.05) is 27.3 Å². The number of esters is 1. The fourth-order valence-electron chi connectivity index (χ4n) is 6.67. The lowest BCUT2D eigenvalue weighted by Crippen LogP contribution is -2.36. The van der Waals surface area contributed by atoms with E-state index >= 15 is 0 Å². The molecule has 45 heavy (non-hydrogen) atoms. The fourth-order valence-corrected chi connectivity index (χ4v) is 6.67. The molecule has 0 spiro atoms. The van der Waals surface area contributed by atoms with Crippen molar-refractivity contribution in [3.8, 4) is 11.1 Å². The second kappa shape index (κ2) is 13.8. The highest BCUT2D eigenvalue weighted by atomic mass is 16.5. The van der Waals surface area contributed by atoms with E-state index < -0.39 is 0 Å². The summed E-state index contributed by atoms with van der Waals surface area (Å²) in [5, 5.41) is 8.55. The Balaban J connectivity index is 1.39. The maximum Gasteiger partial charge on any atom is 0.337 e. The van der Waals surface area contributed by atoms with Gasteiger partial charge in [0.25, 0.3) is 5.91 Å². The normalized spacial score (nSPS) is 18.0. The van der Waals surface area contributed by atoms with E-state index in [1.54, 1.807) is 12.1 Å². The summed E-state index contributed by atoms with van der Waals surface area (Å²) in [6, 6.07) is 23.6. The summed E-state index contributed by atoms with van der Waals surface area (Å²) in [5.41, 5.74) is 8.57. The first kappa shape index (κ1) is 30.7. The average molecular weight is 607 g/mol. The second-order valence-electron chi connectivity index (χ2n) is 12.2. The molecule has 0 bridgehead atoms. The van der Waals surface area contributed by atoms with Gasteiger partial charge >= 0.3 is 5.97 Å². The van der Waals surface area contributed by atoms with Gasteiger partial charge in [0.05, 0.1) is 24.4 Å². The summed E-state index contributed by atoms with van der Waals surface area (Å²) >= 11 is 0. The Morgan fingerprint density at radius 2 is 1.87 bits per heavy atom. The van der Waals surface area contributed by atoms with E-state index in [1.165, 1.54) is 12.7 Å². The molecule has 8 heteroatoms. The Kier molecular flexibility index (Phi) is 9.42. The number of aromatic nitrogens is 2. The molecule has 6 rings (SSSR count). The van der Waals surface area contributed by atoms with Crippen LogP contribution in [-0.4, -0.2) is 53.9 Å². The van der Waals surface area contributed by atoms with Gasteiger partial charge in [-0.15, -0.1) is 0 Å². The van der Waals surface area contributed by atoms with Crippen molar-refractivity contribution in [1.29, 1.82) is 0 Å². The fraction of sp³-hybridized carbons (Fsp3) is 0.378. The zero-order chi connectivity index (χ0) is 31.3. The van der Waals surface area contributed by atoms with E-state index in [1.807, 2.05) is 30.3 Å². The van der Waals surface area contributed by atoms with Gasteiger partial charge in [0.1, 0.15) is 6.23 Å². The zero-order valence-corrected chi connectivity index (χ0v) is 26.4. The molecular weight excluding hydrogens is 564 g/mol. The number of carbonyl (C=O) groups is 2. The third kappa shape index (κ3) is 6.72. The van der Waals surface area contributed by atoms with Crippen LogP contribution >= 0.6 is 0 Å². The summed E-state index contributed by atoms with van der Waals surface area (Å²) < 4.78 is 13.4. The predicted molar refractivity (Wildman–Crippen MR) is 174 cm³/mol. The summed E-state index contributed by atoms with van der Waals surface area (Å²) in [7, 11) is 3.55. The van der Waals surface area contributed by atoms with E-state index in [-0.39, 0.29) is 24.1 Å². The summed E-state index contributed by atoms with van der Waals surface area (Å²) in [4.78, 5) is 28.0. The van der Waals surface area contributed by atoms with E-state index in [4.69, 9.17) is 14.6 Å². The number of methoxy groups -OCH3 is 1. The Hall–Kier alpha value is -4.27. The van der Waals surface area contributed by atoms with Crippen LogP contribution in [0.3, 0.4) is 0 Å². The Bertz CT molecular complexity index is 1640. The summed E-state index contributed by atoms with van der Waals surface area (Å²) in [5.74, 6) is -0.453. The molecule has 2 unspecified atom stereocenters. The largest absolute Gasteiger partial charge is 0.465 e. The summed E-state index contributed by atoms with van der Waals surface area (Å²) in [6.07, 6.45) is 5.22. The topological polar surface area (TPSA) is 85.7 Å². The minimum absolute atomic E-state index is 0.0792. The van der Waals surface area contributed by atoms with E-state index in [2.05, 4.69) is 59.2 Å². The highest BCUT2D eigenvalue weighted by molar-refractivity contribution is 5.97. The molecule has 0 aliphatic carbocycles. The van der Waals surface area contributed by atoms with Gasteiger partial charge in [0, 0.05) is 30.0 Å². The van der Waals surface area contributed by atoms with Crippen molar-refractivity contribution in [2.45, 2.75) is 64.3 Å². The van der Waals surface area contributed by atoms with Crippen molar-refractivity contribution < 1.29 is 19.1 Å². The van der Waals surface area contributed by atoms with Gasteiger partial charge in [0.2, 0.25) is 0 Å². The van der Waals surface area contributed by atoms with Crippen LogP contribution in [0.4, 0.5) is 0 Å². The Morgan fingerprint density at radius 3 is 2.60 bits per heavy atom. The number of hydrogen-bond donors (Lipinski definition) is 1. The molecule has 3 heterocycles. The molecule has 1 saturated heterocycles. The van der Waals surface area contributed by atoms with Crippen molar-refractivity contribution in [2.24, 2.45) is 0 Å². The monoisotopic (exact) mass is 606 g/mol. The molecule has 8 nitrogen and oxygen atoms in total. The molecule has 1 N–H and O–H groups in total. The molecule has 234 valence electrons. The van der Waals surface area contributed by atoms with Crippen molar-refractivity contribution in [3.63, 3.8) is 0 Å². The average Bonchev–Trinajstić information content (AvgIpc) is 3.45. The maximum atomic E-state index is 13.4. The maximum absolute atomic E-state index is 13.4. The van der Waals surface area contributed by atoms with Gasteiger partial charge in [-0.2, -0.15) is 5.10 Å². The molecule has 3 aromatic carbocycles. The highest BCUT2D eigenvalue weighted by Crippen LogP contribution is 2.39. The number of rotatable bonds is 10. The third-order valence-electron chi connectivity index (χ3n) is 9.01. The number of fused-ring (bicyclic) bond motifs is 1. The molecule has 0 radical (unpaired) electrons. The lowest BCUT2D eigenvalue weighted by Gasteiger charge is -2.27. The summed E-state index contributed by atoms with van der Waals surface area (Å²) in [6.45, 7) is 4.56. The van der Waals surface area contributed by atoms with Gasteiger partial charge in [-0.1, -0.05) is 54.6 Å². The van der Waals surface area contributed by atoms with Gasteiger partial charge in [-0.3, -0.25) is 4.79 Å². The molecule has 2 atom stereocenters. The lowest BCUT2D eigenvalue weighted by atomic mass is 9.87. The number of amides is 1. The van der Waals surface area contributed by atoms with Crippen LogP contribution in [0.15, 0.2) is 72.8 Å². The van der Waals surface area contributed by atoms with Crippen LogP contribution in [0.5, 0.6) is 0 Å². The molecule has 1 fully saturated rings. The van der Waals surface area contributed by atoms with E-state index in [0.717, 1.165) is 84.4 Å². The molecule has 2 aliphatic heterocycles. The van der Waals surface area contributed by atoms with Gasteiger partial charge in [-0.05, 0) is 99.5 Å². The standard InChI is InChI=1S/C37H42N4O4/c1-25-11-9-14-29-30(25)23-31(38-36(29)42)35-34(27-17-19-28(20-18-27)37(43)44-3)32(41(39-35)33-16-7-8-22-45-33)15-10-21-40(2)24-26-12-5-4-6-13-26/h4-6,9,11-14,17-20,31,33H,7-8,10,15-16,21-24H2,1-3H3,(H,38,42). The zero-order valence-electron chi connectivity index (χ0n) is 26.4. The molecular formula is C37H42N4O4. The number of hydrogen-bond acceptors (Lipinski definition) is 6. The van der Waals surface area contributed by atoms with Gasteiger partial charge in [0.15, 0.2) is 0 Å².